The Morgan fingerprint density at radius 2 is 2.12 bits per heavy atom. The quantitative estimate of drug-likeness (QED) is 0.730. The molecular formula is C12H8N2O2. The van der Waals surface area contributed by atoms with Crippen LogP contribution in [0.2, 0.25) is 0 Å². The third kappa shape index (κ3) is 1.32. The number of pyridine rings is 1. The van der Waals surface area contributed by atoms with Crippen LogP contribution in [0.1, 0.15) is 0 Å². The maximum Gasteiger partial charge on any atom is 0.169 e. The zero-order valence-electron chi connectivity index (χ0n) is 8.29. The maximum atomic E-state index is 9.37. The van der Waals surface area contributed by atoms with Gasteiger partial charge in [0.25, 0.3) is 0 Å². The van der Waals surface area contributed by atoms with Gasteiger partial charge in [-0.05, 0) is 18.2 Å². The molecule has 1 aliphatic heterocycles. The van der Waals surface area contributed by atoms with Gasteiger partial charge in [-0.2, -0.15) is 0 Å². The molecule has 1 N–H and O–H groups in total. The molecular weight excluding hydrogens is 204 g/mol. The minimum Gasteiger partial charge on any atom is -0.504 e. The van der Waals surface area contributed by atoms with Crippen molar-refractivity contribution in [3.63, 3.8) is 0 Å². The number of benzene rings is 1. The number of aromatic nitrogens is 1. The molecule has 0 unspecified atom stereocenters. The van der Waals surface area contributed by atoms with Crippen LogP contribution in [0.3, 0.4) is 0 Å². The van der Waals surface area contributed by atoms with E-state index in [4.69, 9.17) is 4.74 Å². The molecule has 0 saturated carbocycles. The first-order valence-corrected chi connectivity index (χ1v) is 4.82. The smallest absolute Gasteiger partial charge is 0.169 e. The van der Waals surface area contributed by atoms with Crippen LogP contribution in [-0.2, 0) is 0 Å². The molecule has 1 aliphatic rings. The molecule has 0 aliphatic carbocycles. The third-order valence-electron chi connectivity index (χ3n) is 2.35. The van der Waals surface area contributed by atoms with Crippen molar-refractivity contribution in [1.82, 2.24) is 4.98 Å². The SMILES string of the molecule is OC1=COc2cccc3nccc(c23)N=C1. The summed E-state index contributed by atoms with van der Waals surface area (Å²) in [5.74, 6) is 0.628. The lowest BCUT2D eigenvalue weighted by molar-refractivity contribution is 0.396. The number of aliphatic imine (C=N–C) groups is 1. The van der Waals surface area contributed by atoms with Crippen LogP contribution < -0.4 is 4.74 Å². The molecule has 0 bridgehead atoms. The second-order valence-electron chi connectivity index (χ2n) is 3.40. The molecule has 3 rings (SSSR count). The zero-order valence-corrected chi connectivity index (χ0v) is 8.29. The molecule has 4 nitrogen and oxygen atoms in total. The predicted molar refractivity (Wildman–Crippen MR) is 61.2 cm³/mol. The van der Waals surface area contributed by atoms with E-state index in [2.05, 4.69) is 9.98 Å². The maximum absolute atomic E-state index is 9.37. The standard InChI is InChI=1S/C12H8N2O2/c15-8-6-14-10-4-5-13-9-2-1-3-11(12(9)10)16-7-8/h1-7,15H. The van der Waals surface area contributed by atoms with Gasteiger partial charge in [0.05, 0.1) is 22.8 Å². The van der Waals surface area contributed by atoms with Crippen molar-refractivity contribution in [2.45, 2.75) is 0 Å². The van der Waals surface area contributed by atoms with Crippen LogP contribution in [0, 0.1) is 0 Å². The Hall–Kier alpha value is -2.36. The number of aliphatic hydroxyl groups excluding tert-OH is 1. The van der Waals surface area contributed by atoms with Crippen LogP contribution >= 0.6 is 0 Å². The molecule has 1 aromatic heterocycles. The number of aliphatic hydroxyl groups is 1. The van der Waals surface area contributed by atoms with Crippen molar-refractivity contribution < 1.29 is 9.84 Å². The predicted octanol–water partition coefficient (Wildman–Crippen LogP) is 2.73. The fraction of sp³-hybridized carbons (Fsp3) is 0. The molecule has 0 amide bonds. The molecule has 2 heterocycles. The minimum atomic E-state index is -0.0144. The van der Waals surface area contributed by atoms with E-state index in [1.54, 1.807) is 12.3 Å². The summed E-state index contributed by atoms with van der Waals surface area (Å²) in [7, 11) is 0. The Labute approximate surface area is 91.5 Å². The van der Waals surface area contributed by atoms with Gasteiger partial charge in [0.15, 0.2) is 5.76 Å². The Balaban J connectivity index is 2.39. The van der Waals surface area contributed by atoms with Crippen molar-refractivity contribution in [3.05, 3.63) is 42.5 Å². The number of ether oxygens (including phenoxy) is 1. The summed E-state index contributed by atoms with van der Waals surface area (Å²) in [5.41, 5.74) is 1.56. The Morgan fingerprint density at radius 3 is 3.06 bits per heavy atom. The topological polar surface area (TPSA) is 54.7 Å². The largest absolute Gasteiger partial charge is 0.504 e. The number of hydrogen-bond acceptors (Lipinski definition) is 4. The first-order chi connectivity index (χ1) is 7.84. The van der Waals surface area contributed by atoms with E-state index in [1.165, 1.54) is 12.5 Å². The monoisotopic (exact) mass is 212 g/mol. The van der Waals surface area contributed by atoms with Gasteiger partial charge in [-0.25, -0.2) is 0 Å². The van der Waals surface area contributed by atoms with E-state index in [9.17, 15) is 5.11 Å². The highest BCUT2D eigenvalue weighted by Gasteiger charge is 2.09. The van der Waals surface area contributed by atoms with E-state index < -0.39 is 0 Å². The lowest BCUT2D eigenvalue weighted by atomic mass is 10.1. The highest BCUT2D eigenvalue weighted by molar-refractivity contribution is 5.97. The number of hydrogen-bond donors (Lipinski definition) is 1. The second kappa shape index (κ2) is 3.34. The van der Waals surface area contributed by atoms with E-state index in [0.29, 0.717) is 5.75 Å². The highest BCUT2D eigenvalue weighted by atomic mass is 16.5. The number of nitrogens with zero attached hydrogens (tertiary/aromatic N) is 2. The summed E-state index contributed by atoms with van der Waals surface area (Å²) < 4.78 is 5.37. The van der Waals surface area contributed by atoms with Crippen LogP contribution in [-0.4, -0.2) is 16.3 Å². The molecule has 78 valence electrons. The zero-order chi connectivity index (χ0) is 11.0. The average Bonchev–Trinajstić information content (AvgIpc) is 2.31. The second-order valence-corrected chi connectivity index (χ2v) is 3.40. The Morgan fingerprint density at radius 1 is 1.19 bits per heavy atom. The first kappa shape index (κ1) is 8.91. The van der Waals surface area contributed by atoms with Crippen molar-refractivity contribution in [3.8, 4) is 5.75 Å². The fourth-order valence-corrected chi connectivity index (χ4v) is 1.65. The lowest BCUT2D eigenvalue weighted by Crippen LogP contribution is -1.93. The van der Waals surface area contributed by atoms with E-state index in [-0.39, 0.29) is 5.76 Å². The molecule has 0 saturated heterocycles. The number of rotatable bonds is 0. The van der Waals surface area contributed by atoms with Gasteiger partial charge in [-0.1, -0.05) is 6.07 Å². The van der Waals surface area contributed by atoms with E-state index >= 15 is 0 Å². The average molecular weight is 212 g/mol. The van der Waals surface area contributed by atoms with Gasteiger partial charge in [0, 0.05) is 6.20 Å². The lowest BCUT2D eigenvalue weighted by Gasteiger charge is -2.09. The molecule has 0 atom stereocenters. The molecule has 16 heavy (non-hydrogen) atoms. The van der Waals surface area contributed by atoms with Gasteiger partial charge in [-0.3, -0.25) is 9.98 Å². The third-order valence-corrected chi connectivity index (χ3v) is 2.35. The molecule has 0 fully saturated rings. The highest BCUT2D eigenvalue weighted by Crippen LogP contribution is 2.33. The van der Waals surface area contributed by atoms with Crippen LogP contribution in [0.15, 0.2) is 47.5 Å². The van der Waals surface area contributed by atoms with Crippen molar-refractivity contribution in [2.24, 2.45) is 4.99 Å². The summed E-state index contributed by atoms with van der Waals surface area (Å²) in [4.78, 5) is 8.42. The van der Waals surface area contributed by atoms with E-state index in [1.807, 2.05) is 18.2 Å². The number of allylic oxidation sites excluding steroid dienone is 1. The molecule has 4 heteroatoms. The van der Waals surface area contributed by atoms with Gasteiger partial charge < -0.3 is 9.84 Å². The normalized spacial score (nSPS) is 13.9. The van der Waals surface area contributed by atoms with Crippen LogP contribution in [0.5, 0.6) is 5.75 Å². The van der Waals surface area contributed by atoms with Gasteiger partial charge in [-0.15, -0.1) is 0 Å². The van der Waals surface area contributed by atoms with Crippen molar-refractivity contribution >= 4 is 22.8 Å². The van der Waals surface area contributed by atoms with Crippen LogP contribution in [0.25, 0.3) is 10.9 Å². The van der Waals surface area contributed by atoms with Gasteiger partial charge in [0.2, 0.25) is 0 Å². The van der Waals surface area contributed by atoms with E-state index in [0.717, 1.165) is 16.6 Å². The fourth-order valence-electron chi connectivity index (χ4n) is 1.65. The summed E-state index contributed by atoms with van der Waals surface area (Å²) in [6.45, 7) is 0. The molecule has 0 radical (unpaired) electrons. The first-order valence-electron chi connectivity index (χ1n) is 4.82. The Kier molecular flexibility index (Phi) is 1.86. The molecule has 2 aromatic rings. The van der Waals surface area contributed by atoms with Gasteiger partial charge >= 0.3 is 0 Å². The van der Waals surface area contributed by atoms with Crippen molar-refractivity contribution in [2.75, 3.05) is 0 Å². The minimum absolute atomic E-state index is 0.0144. The summed E-state index contributed by atoms with van der Waals surface area (Å²) in [5, 5.41) is 10.2. The Bertz CT molecular complexity index is 612. The summed E-state index contributed by atoms with van der Waals surface area (Å²) >= 11 is 0. The molecule has 0 spiro atoms. The van der Waals surface area contributed by atoms with Gasteiger partial charge in [0.1, 0.15) is 12.0 Å². The van der Waals surface area contributed by atoms with Crippen molar-refractivity contribution in [1.29, 1.82) is 0 Å². The summed E-state index contributed by atoms with van der Waals surface area (Å²) in [6.07, 6.45) is 4.29. The summed E-state index contributed by atoms with van der Waals surface area (Å²) in [6, 6.07) is 7.35. The molecule has 1 aromatic carbocycles. The van der Waals surface area contributed by atoms with Crippen LogP contribution in [0.4, 0.5) is 5.69 Å².